The van der Waals surface area contributed by atoms with Gasteiger partial charge < -0.3 is 4.90 Å². The number of carbonyl (C=O) groups is 1. The minimum Gasteiger partial charge on any atom is -0.337 e. The smallest absolute Gasteiger partial charge is 0.237 e. The molecule has 20 heavy (non-hydrogen) atoms. The maximum absolute atomic E-state index is 12.3. The average molecular weight is 297 g/mol. The molecule has 0 aromatic heterocycles. The van der Waals surface area contributed by atoms with Crippen molar-refractivity contribution in [3.8, 4) is 0 Å². The second-order valence-electron chi connectivity index (χ2n) is 5.79. The van der Waals surface area contributed by atoms with E-state index in [-0.39, 0.29) is 18.0 Å². The first kappa shape index (κ1) is 17.0. The summed E-state index contributed by atoms with van der Waals surface area (Å²) in [6.07, 6.45) is 0. The van der Waals surface area contributed by atoms with Gasteiger partial charge in [0, 0.05) is 23.7 Å². The molecule has 0 spiro atoms. The van der Waals surface area contributed by atoms with Gasteiger partial charge in [-0.3, -0.25) is 9.69 Å². The van der Waals surface area contributed by atoms with E-state index in [2.05, 4.69) is 27.7 Å². The third kappa shape index (κ3) is 5.14. The molecule has 1 amide bonds. The van der Waals surface area contributed by atoms with Gasteiger partial charge in [0.05, 0.1) is 6.54 Å². The van der Waals surface area contributed by atoms with E-state index in [0.29, 0.717) is 6.54 Å². The van der Waals surface area contributed by atoms with Crippen molar-refractivity contribution in [2.24, 2.45) is 0 Å². The van der Waals surface area contributed by atoms with Gasteiger partial charge in [-0.15, -0.1) is 0 Å². The van der Waals surface area contributed by atoms with Crippen LogP contribution in [0, 0.1) is 0 Å². The van der Waals surface area contributed by atoms with Crippen LogP contribution in [0.5, 0.6) is 0 Å². The summed E-state index contributed by atoms with van der Waals surface area (Å²) in [5.41, 5.74) is 1.16. The largest absolute Gasteiger partial charge is 0.337 e. The molecule has 3 nitrogen and oxygen atoms in total. The number of likely N-dealkylation sites (N-methyl/N-ethyl adjacent to an activating group) is 1. The Hall–Kier alpha value is -1.06. The lowest BCUT2D eigenvalue weighted by molar-refractivity contribution is -0.135. The van der Waals surface area contributed by atoms with Crippen molar-refractivity contribution in [3.05, 3.63) is 34.9 Å². The fourth-order valence-electron chi connectivity index (χ4n) is 2.44. The van der Waals surface area contributed by atoms with Crippen LogP contribution in [0.1, 0.15) is 33.3 Å². The van der Waals surface area contributed by atoms with Crippen LogP contribution in [0.15, 0.2) is 24.3 Å². The van der Waals surface area contributed by atoms with Crippen LogP contribution in [0.4, 0.5) is 0 Å². The summed E-state index contributed by atoms with van der Waals surface area (Å²) in [6, 6.07) is 8.19. The van der Waals surface area contributed by atoms with Crippen LogP contribution in [-0.4, -0.2) is 41.4 Å². The zero-order valence-electron chi connectivity index (χ0n) is 13.1. The van der Waals surface area contributed by atoms with Crippen molar-refractivity contribution in [2.75, 3.05) is 13.6 Å². The van der Waals surface area contributed by atoms with Crippen molar-refractivity contribution >= 4 is 17.5 Å². The second-order valence-corrected chi connectivity index (χ2v) is 6.22. The summed E-state index contributed by atoms with van der Waals surface area (Å²) < 4.78 is 0. The normalized spacial score (nSPS) is 11.4. The third-order valence-corrected chi connectivity index (χ3v) is 3.42. The summed E-state index contributed by atoms with van der Waals surface area (Å²) in [7, 11) is 1.96. The van der Waals surface area contributed by atoms with Gasteiger partial charge in [-0.1, -0.05) is 23.7 Å². The van der Waals surface area contributed by atoms with Crippen LogP contribution in [-0.2, 0) is 11.3 Å². The lowest BCUT2D eigenvalue weighted by Gasteiger charge is -2.32. The predicted octanol–water partition coefficient (Wildman–Crippen LogP) is 3.42. The summed E-state index contributed by atoms with van der Waals surface area (Å²) in [5, 5.41) is 0.735. The zero-order chi connectivity index (χ0) is 15.3. The van der Waals surface area contributed by atoms with E-state index in [1.54, 1.807) is 0 Å². The number of hydrogen-bond acceptors (Lipinski definition) is 2. The number of halogens is 1. The highest BCUT2D eigenvalue weighted by molar-refractivity contribution is 6.30. The molecule has 1 aromatic carbocycles. The number of hydrogen-bond donors (Lipinski definition) is 0. The Kier molecular flexibility index (Phi) is 6.50. The van der Waals surface area contributed by atoms with Gasteiger partial charge in [0.2, 0.25) is 5.91 Å². The van der Waals surface area contributed by atoms with E-state index < -0.39 is 0 Å². The number of carbonyl (C=O) groups excluding carboxylic acids is 1. The Morgan fingerprint density at radius 3 is 2.05 bits per heavy atom. The average Bonchev–Trinajstić information content (AvgIpc) is 2.30. The molecule has 0 N–H and O–H groups in total. The molecule has 0 aliphatic carbocycles. The maximum Gasteiger partial charge on any atom is 0.237 e. The Labute approximate surface area is 127 Å². The molecule has 112 valence electrons. The molecule has 0 fully saturated rings. The Morgan fingerprint density at radius 2 is 1.60 bits per heavy atom. The third-order valence-electron chi connectivity index (χ3n) is 3.17. The molecule has 0 aliphatic rings. The SMILES string of the molecule is CC(C)N(C(=O)CN(C)Cc1ccc(Cl)cc1)C(C)C. The molecule has 4 heteroatoms. The Balaban J connectivity index is 2.58. The van der Waals surface area contributed by atoms with Gasteiger partial charge in [0.15, 0.2) is 0 Å². The van der Waals surface area contributed by atoms with Crippen LogP contribution in [0.2, 0.25) is 5.02 Å². The van der Waals surface area contributed by atoms with Crippen LogP contribution < -0.4 is 0 Å². The van der Waals surface area contributed by atoms with E-state index in [9.17, 15) is 4.79 Å². The topological polar surface area (TPSA) is 23.6 Å². The van der Waals surface area contributed by atoms with Crippen molar-refractivity contribution in [1.29, 1.82) is 0 Å². The lowest BCUT2D eigenvalue weighted by Crippen LogP contribution is -2.46. The molecule has 1 aromatic rings. The summed E-state index contributed by atoms with van der Waals surface area (Å²) >= 11 is 5.87. The quantitative estimate of drug-likeness (QED) is 0.803. The van der Waals surface area contributed by atoms with Crippen LogP contribution >= 0.6 is 11.6 Å². The van der Waals surface area contributed by atoms with Crippen molar-refractivity contribution in [1.82, 2.24) is 9.80 Å². The van der Waals surface area contributed by atoms with E-state index in [1.807, 2.05) is 41.1 Å². The van der Waals surface area contributed by atoms with Crippen LogP contribution in [0.25, 0.3) is 0 Å². The first-order valence-corrected chi connectivity index (χ1v) is 7.43. The second kappa shape index (κ2) is 7.65. The fourth-order valence-corrected chi connectivity index (χ4v) is 2.57. The van der Waals surface area contributed by atoms with E-state index in [1.165, 1.54) is 0 Å². The minimum absolute atomic E-state index is 0.173. The maximum atomic E-state index is 12.3. The van der Waals surface area contributed by atoms with E-state index in [4.69, 9.17) is 11.6 Å². The highest BCUT2D eigenvalue weighted by Gasteiger charge is 2.20. The van der Waals surface area contributed by atoms with Crippen molar-refractivity contribution in [3.63, 3.8) is 0 Å². The lowest BCUT2D eigenvalue weighted by atomic mass is 10.2. The minimum atomic E-state index is 0.173. The molecule has 0 aliphatic heterocycles. The van der Waals surface area contributed by atoms with Gasteiger partial charge in [-0.2, -0.15) is 0 Å². The highest BCUT2D eigenvalue weighted by Crippen LogP contribution is 2.12. The molecule has 0 atom stereocenters. The van der Waals surface area contributed by atoms with Gasteiger partial charge in [-0.25, -0.2) is 0 Å². The molecule has 0 saturated heterocycles. The first-order valence-electron chi connectivity index (χ1n) is 7.05. The standard InChI is InChI=1S/C16H25ClN2O/c1-12(2)19(13(3)4)16(20)11-18(5)10-14-6-8-15(17)9-7-14/h6-9,12-13H,10-11H2,1-5H3. The Morgan fingerprint density at radius 1 is 1.10 bits per heavy atom. The van der Waals surface area contributed by atoms with Gasteiger partial charge in [0.25, 0.3) is 0 Å². The van der Waals surface area contributed by atoms with E-state index >= 15 is 0 Å². The van der Waals surface area contributed by atoms with E-state index in [0.717, 1.165) is 17.1 Å². The summed E-state index contributed by atoms with van der Waals surface area (Å²) in [6.45, 7) is 9.38. The van der Waals surface area contributed by atoms with Crippen LogP contribution in [0.3, 0.4) is 0 Å². The molecule has 0 bridgehead atoms. The highest BCUT2D eigenvalue weighted by atomic mass is 35.5. The fraction of sp³-hybridized carbons (Fsp3) is 0.562. The number of nitrogens with zero attached hydrogens (tertiary/aromatic N) is 2. The van der Waals surface area contributed by atoms with Gasteiger partial charge in [0.1, 0.15) is 0 Å². The summed E-state index contributed by atoms with van der Waals surface area (Å²) in [4.78, 5) is 16.3. The molecular weight excluding hydrogens is 272 g/mol. The molecule has 1 rings (SSSR count). The van der Waals surface area contributed by atoms with Gasteiger partial charge in [-0.05, 0) is 52.4 Å². The molecule has 0 saturated carbocycles. The molecule has 0 heterocycles. The van der Waals surface area contributed by atoms with Gasteiger partial charge >= 0.3 is 0 Å². The first-order chi connectivity index (χ1) is 9.31. The van der Waals surface area contributed by atoms with Crippen molar-refractivity contribution in [2.45, 2.75) is 46.3 Å². The predicted molar refractivity (Wildman–Crippen MR) is 84.9 cm³/mol. The molecule has 0 unspecified atom stereocenters. The summed E-state index contributed by atoms with van der Waals surface area (Å²) in [5.74, 6) is 0.173. The molecular formula is C16H25ClN2O. The number of rotatable bonds is 6. The number of amides is 1. The Bertz CT molecular complexity index is 421. The van der Waals surface area contributed by atoms with Crippen molar-refractivity contribution < 1.29 is 4.79 Å². The number of benzene rings is 1. The molecule has 0 radical (unpaired) electrons. The monoisotopic (exact) mass is 296 g/mol. The zero-order valence-corrected chi connectivity index (χ0v) is 13.8.